The molecule has 1 heterocycles. The number of hydrogen-bond donors (Lipinski definition) is 2. The molecule has 19 heavy (non-hydrogen) atoms. The molecule has 0 amide bonds. The summed E-state index contributed by atoms with van der Waals surface area (Å²) in [5.74, 6) is -1.17. The van der Waals surface area contributed by atoms with E-state index in [0.29, 0.717) is 18.7 Å². The fourth-order valence-electron chi connectivity index (χ4n) is 2.18. The van der Waals surface area contributed by atoms with Crippen LogP contribution in [-0.2, 0) is 9.53 Å². The summed E-state index contributed by atoms with van der Waals surface area (Å²) in [5, 5.41) is 12.0. The van der Waals surface area contributed by atoms with Crippen molar-refractivity contribution in [1.29, 1.82) is 0 Å². The van der Waals surface area contributed by atoms with Gasteiger partial charge in [0.1, 0.15) is 5.82 Å². The molecule has 1 aromatic rings. The molecule has 0 aromatic carbocycles. The van der Waals surface area contributed by atoms with Crippen molar-refractivity contribution in [2.75, 3.05) is 12.4 Å². The second kappa shape index (κ2) is 5.64. The summed E-state index contributed by atoms with van der Waals surface area (Å²) in [4.78, 5) is 30.2. The average molecular weight is 265 g/mol. The third-order valence-electron chi connectivity index (χ3n) is 3.16. The number of nitrogens with one attached hydrogen (secondary N) is 1. The van der Waals surface area contributed by atoms with E-state index in [1.165, 1.54) is 19.5 Å². The molecule has 1 fully saturated rings. The Balaban J connectivity index is 2.00. The van der Waals surface area contributed by atoms with Crippen LogP contribution in [0, 0.1) is 5.92 Å². The number of carboxylic acid groups (broad SMARTS) is 1. The van der Waals surface area contributed by atoms with Gasteiger partial charge in [0.05, 0.1) is 25.4 Å². The van der Waals surface area contributed by atoms with E-state index in [1.54, 1.807) is 0 Å². The standard InChI is InChI=1S/C12H15N3O4/c1-19-12(18)9-5-13-6-10(15-9)14-8-3-2-7(4-8)11(16)17/h5-8H,2-4H2,1H3,(H,14,15)(H,16,17). The lowest BCUT2D eigenvalue weighted by molar-refractivity contribution is -0.141. The number of aromatic nitrogens is 2. The lowest BCUT2D eigenvalue weighted by Crippen LogP contribution is -2.19. The van der Waals surface area contributed by atoms with Crippen LogP contribution in [0.4, 0.5) is 5.82 Å². The molecule has 2 atom stereocenters. The summed E-state index contributed by atoms with van der Waals surface area (Å²) in [6.07, 6.45) is 4.80. The predicted molar refractivity (Wildman–Crippen MR) is 65.8 cm³/mol. The van der Waals surface area contributed by atoms with Gasteiger partial charge < -0.3 is 15.2 Å². The Hall–Kier alpha value is -2.18. The first-order valence-corrected chi connectivity index (χ1v) is 6.00. The molecule has 102 valence electrons. The van der Waals surface area contributed by atoms with Gasteiger partial charge in [-0.2, -0.15) is 0 Å². The number of methoxy groups -OCH3 is 1. The molecule has 0 aliphatic heterocycles. The van der Waals surface area contributed by atoms with Crippen LogP contribution in [0.5, 0.6) is 0 Å². The first kappa shape index (κ1) is 13.3. The van der Waals surface area contributed by atoms with Gasteiger partial charge in [0.25, 0.3) is 0 Å². The molecule has 1 aliphatic carbocycles. The second-order valence-electron chi connectivity index (χ2n) is 4.47. The summed E-state index contributed by atoms with van der Waals surface area (Å²) < 4.78 is 4.56. The molecule has 1 aliphatic rings. The summed E-state index contributed by atoms with van der Waals surface area (Å²) in [6.45, 7) is 0. The van der Waals surface area contributed by atoms with Crippen molar-refractivity contribution in [3.05, 3.63) is 18.1 Å². The van der Waals surface area contributed by atoms with E-state index >= 15 is 0 Å². The Labute approximate surface area is 110 Å². The Kier molecular flexibility index (Phi) is 3.94. The first-order chi connectivity index (χ1) is 9.10. The number of carboxylic acids is 1. The Morgan fingerprint density at radius 3 is 2.84 bits per heavy atom. The van der Waals surface area contributed by atoms with Crippen LogP contribution in [0.2, 0.25) is 0 Å². The maximum Gasteiger partial charge on any atom is 0.358 e. The fraction of sp³-hybridized carbons (Fsp3) is 0.500. The van der Waals surface area contributed by atoms with Gasteiger partial charge in [0.15, 0.2) is 5.69 Å². The predicted octanol–water partition coefficient (Wildman–Crippen LogP) is 0.928. The maximum atomic E-state index is 11.3. The smallest absolute Gasteiger partial charge is 0.358 e. The minimum atomic E-state index is -0.765. The molecule has 0 saturated heterocycles. The van der Waals surface area contributed by atoms with E-state index in [9.17, 15) is 9.59 Å². The van der Waals surface area contributed by atoms with Gasteiger partial charge in [-0.25, -0.2) is 9.78 Å². The second-order valence-corrected chi connectivity index (χ2v) is 4.47. The highest BCUT2D eigenvalue weighted by molar-refractivity contribution is 5.87. The highest BCUT2D eigenvalue weighted by Gasteiger charge is 2.29. The number of carbonyl (C=O) groups excluding carboxylic acids is 1. The van der Waals surface area contributed by atoms with Crippen molar-refractivity contribution in [3.8, 4) is 0 Å². The van der Waals surface area contributed by atoms with E-state index < -0.39 is 11.9 Å². The van der Waals surface area contributed by atoms with Crippen molar-refractivity contribution in [3.63, 3.8) is 0 Å². The summed E-state index contributed by atoms with van der Waals surface area (Å²) >= 11 is 0. The Bertz CT molecular complexity index is 492. The van der Waals surface area contributed by atoms with Gasteiger partial charge in [0.2, 0.25) is 0 Å². The molecular weight excluding hydrogens is 250 g/mol. The minimum absolute atomic E-state index is 0.0447. The van der Waals surface area contributed by atoms with E-state index in [1.807, 2.05) is 0 Å². The number of nitrogens with zero attached hydrogens (tertiary/aromatic N) is 2. The SMILES string of the molecule is COC(=O)c1cncc(NC2CCC(C(=O)O)C2)n1. The van der Waals surface area contributed by atoms with E-state index in [0.717, 1.165) is 6.42 Å². The quantitative estimate of drug-likeness (QED) is 0.781. The van der Waals surface area contributed by atoms with Crippen molar-refractivity contribution in [1.82, 2.24) is 9.97 Å². The van der Waals surface area contributed by atoms with Crippen LogP contribution in [0.25, 0.3) is 0 Å². The van der Waals surface area contributed by atoms with Gasteiger partial charge in [-0.05, 0) is 19.3 Å². The molecule has 0 spiro atoms. The number of hydrogen-bond acceptors (Lipinski definition) is 6. The molecule has 0 bridgehead atoms. The highest BCUT2D eigenvalue weighted by atomic mass is 16.5. The zero-order chi connectivity index (χ0) is 13.8. The molecular formula is C12H15N3O4. The third kappa shape index (κ3) is 3.18. The molecule has 7 heteroatoms. The fourth-order valence-corrected chi connectivity index (χ4v) is 2.18. The normalized spacial score (nSPS) is 21.9. The van der Waals surface area contributed by atoms with Crippen molar-refractivity contribution in [2.45, 2.75) is 25.3 Å². The van der Waals surface area contributed by atoms with Crippen LogP contribution in [0.3, 0.4) is 0 Å². The number of rotatable bonds is 4. The highest BCUT2D eigenvalue weighted by Crippen LogP contribution is 2.27. The van der Waals surface area contributed by atoms with Gasteiger partial charge in [-0.1, -0.05) is 0 Å². The van der Waals surface area contributed by atoms with Crippen LogP contribution in [-0.4, -0.2) is 40.2 Å². The Morgan fingerprint density at radius 2 is 2.21 bits per heavy atom. The topological polar surface area (TPSA) is 101 Å². The number of anilines is 1. The van der Waals surface area contributed by atoms with E-state index in [4.69, 9.17) is 5.11 Å². The van der Waals surface area contributed by atoms with Gasteiger partial charge in [0, 0.05) is 6.04 Å². The van der Waals surface area contributed by atoms with Gasteiger partial charge in [-0.15, -0.1) is 0 Å². The summed E-state index contributed by atoms with van der Waals surface area (Å²) in [6, 6.07) is 0.0447. The molecule has 1 aromatic heterocycles. The van der Waals surface area contributed by atoms with Crippen molar-refractivity contribution >= 4 is 17.8 Å². The number of esters is 1. The Morgan fingerprint density at radius 1 is 1.42 bits per heavy atom. The molecule has 2 unspecified atom stereocenters. The van der Waals surface area contributed by atoms with E-state index in [-0.39, 0.29) is 17.7 Å². The van der Waals surface area contributed by atoms with Crippen LogP contribution in [0.15, 0.2) is 12.4 Å². The molecule has 1 saturated carbocycles. The van der Waals surface area contributed by atoms with Crippen LogP contribution < -0.4 is 5.32 Å². The monoisotopic (exact) mass is 265 g/mol. The first-order valence-electron chi connectivity index (χ1n) is 6.00. The van der Waals surface area contributed by atoms with Crippen molar-refractivity contribution in [2.24, 2.45) is 5.92 Å². The average Bonchev–Trinajstić information content (AvgIpc) is 2.87. The minimum Gasteiger partial charge on any atom is -0.481 e. The third-order valence-corrected chi connectivity index (χ3v) is 3.16. The van der Waals surface area contributed by atoms with Crippen molar-refractivity contribution < 1.29 is 19.4 Å². The zero-order valence-corrected chi connectivity index (χ0v) is 10.5. The lowest BCUT2D eigenvalue weighted by Gasteiger charge is -2.13. The zero-order valence-electron chi connectivity index (χ0n) is 10.5. The van der Waals surface area contributed by atoms with Crippen LogP contribution >= 0.6 is 0 Å². The molecule has 2 rings (SSSR count). The largest absolute Gasteiger partial charge is 0.481 e. The van der Waals surface area contributed by atoms with Crippen LogP contribution in [0.1, 0.15) is 29.8 Å². The van der Waals surface area contributed by atoms with Gasteiger partial charge >= 0.3 is 11.9 Å². The van der Waals surface area contributed by atoms with E-state index in [2.05, 4.69) is 20.0 Å². The number of carbonyl (C=O) groups is 2. The molecule has 2 N–H and O–H groups in total. The number of aliphatic carboxylic acids is 1. The summed E-state index contributed by atoms with van der Waals surface area (Å²) in [7, 11) is 1.28. The summed E-state index contributed by atoms with van der Waals surface area (Å²) in [5.41, 5.74) is 0.125. The van der Waals surface area contributed by atoms with Gasteiger partial charge in [-0.3, -0.25) is 9.78 Å². The lowest BCUT2D eigenvalue weighted by atomic mass is 10.1. The molecule has 0 radical (unpaired) electrons. The maximum absolute atomic E-state index is 11.3. The molecule has 7 nitrogen and oxygen atoms in total. The number of ether oxygens (including phenoxy) is 1.